The van der Waals surface area contributed by atoms with Crippen LogP contribution in [0, 0.1) is 34.5 Å². The second-order valence-corrected chi connectivity index (χ2v) is 13.9. The second-order valence-electron chi connectivity index (χ2n) is 13.9. The minimum absolute atomic E-state index is 0.0576. The monoisotopic (exact) mass is 536 g/mol. The number of carbonyl (C=O) groups excluding carboxylic acids is 2. The third-order valence-corrected chi connectivity index (χ3v) is 9.96. The fraction of sp³-hybridized carbons (Fsp3) is 0.941. The summed E-state index contributed by atoms with van der Waals surface area (Å²) in [6, 6.07) is 0. The third kappa shape index (κ3) is 13.3. The fourth-order valence-electron chi connectivity index (χ4n) is 5.86. The van der Waals surface area contributed by atoms with Crippen LogP contribution in [0.25, 0.3) is 0 Å². The summed E-state index contributed by atoms with van der Waals surface area (Å²) in [6.07, 6.45) is 17.3. The van der Waals surface area contributed by atoms with E-state index in [0.717, 1.165) is 51.4 Å². The maximum absolute atomic E-state index is 12.6. The molecular weight excluding hydrogens is 472 g/mol. The molecule has 4 heteroatoms. The van der Waals surface area contributed by atoms with Gasteiger partial charge in [0.05, 0.1) is 25.0 Å². The SMILES string of the molecule is CCCCCC(C)(C)C(C)CCCOC(=O)C1CCC(C(=O)OCCCC(C)C(C)(C)CCCCC)CC1. The van der Waals surface area contributed by atoms with E-state index in [4.69, 9.17) is 9.47 Å². The number of rotatable bonds is 20. The van der Waals surface area contributed by atoms with Crippen LogP contribution in [0.4, 0.5) is 0 Å². The van der Waals surface area contributed by atoms with E-state index in [9.17, 15) is 9.59 Å². The summed E-state index contributed by atoms with van der Waals surface area (Å²) in [4.78, 5) is 25.2. The number of unbranched alkanes of at least 4 members (excludes halogenated alkanes) is 4. The summed E-state index contributed by atoms with van der Waals surface area (Å²) < 4.78 is 11.3. The van der Waals surface area contributed by atoms with Crippen molar-refractivity contribution in [1.82, 2.24) is 0 Å². The molecule has 0 aromatic carbocycles. The van der Waals surface area contributed by atoms with Crippen molar-refractivity contribution in [3.05, 3.63) is 0 Å². The minimum Gasteiger partial charge on any atom is -0.465 e. The van der Waals surface area contributed by atoms with Crippen LogP contribution in [0.3, 0.4) is 0 Å². The largest absolute Gasteiger partial charge is 0.465 e. The first-order valence-corrected chi connectivity index (χ1v) is 16.3. The molecule has 1 aliphatic rings. The van der Waals surface area contributed by atoms with Crippen molar-refractivity contribution in [2.45, 2.75) is 158 Å². The van der Waals surface area contributed by atoms with Crippen molar-refractivity contribution < 1.29 is 19.1 Å². The van der Waals surface area contributed by atoms with Crippen molar-refractivity contribution >= 4 is 11.9 Å². The topological polar surface area (TPSA) is 52.6 Å². The smallest absolute Gasteiger partial charge is 0.308 e. The van der Waals surface area contributed by atoms with E-state index in [-0.39, 0.29) is 23.8 Å². The number of esters is 2. The Morgan fingerprint density at radius 2 is 0.974 bits per heavy atom. The van der Waals surface area contributed by atoms with Crippen LogP contribution < -0.4 is 0 Å². The molecule has 2 atom stereocenters. The summed E-state index contributed by atoms with van der Waals surface area (Å²) in [6.45, 7) is 19.7. The van der Waals surface area contributed by atoms with Crippen LogP contribution >= 0.6 is 0 Å². The number of hydrogen-bond donors (Lipinski definition) is 0. The van der Waals surface area contributed by atoms with Gasteiger partial charge in [0.25, 0.3) is 0 Å². The summed E-state index contributed by atoms with van der Waals surface area (Å²) >= 11 is 0. The minimum atomic E-state index is -0.0674. The highest BCUT2D eigenvalue weighted by molar-refractivity contribution is 5.75. The molecular formula is C34H64O4. The molecule has 0 spiro atoms. The van der Waals surface area contributed by atoms with E-state index in [0.29, 0.717) is 35.9 Å². The zero-order chi connectivity index (χ0) is 28.6. The van der Waals surface area contributed by atoms with E-state index in [1.54, 1.807) is 0 Å². The molecule has 1 saturated carbocycles. The van der Waals surface area contributed by atoms with Gasteiger partial charge in [-0.2, -0.15) is 0 Å². The molecule has 2 unspecified atom stereocenters. The lowest BCUT2D eigenvalue weighted by molar-refractivity contribution is -0.155. The van der Waals surface area contributed by atoms with Crippen molar-refractivity contribution in [1.29, 1.82) is 0 Å². The van der Waals surface area contributed by atoms with Gasteiger partial charge in [-0.25, -0.2) is 0 Å². The number of ether oxygens (including phenoxy) is 2. The van der Waals surface area contributed by atoms with Crippen LogP contribution in [-0.2, 0) is 19.1 Å². The molecule has 0 aromatic heterocycles. The van der Waals surface area contributed by atoms with Gasteiger partial charge in [0.1, 0.15) is 0 Å². The van der Waals surface area contributed by atoms with E-state index in [2.05, 4.69) is 55.4 Å². The Bertz CT molecular complexity index is 589. The summed E-state index contributed by atoms with van der Waals surface area (Å²) in [5, 5.41) is 0. The highest BCUT2D eigenvalue weighted by Gasteiger charge is 2.32. The maximum Gasteiger partial charge on any atom is 0.308 e. The standard InChI is InChI=1S/C34H64O4/c1-9-11-13-23-33(5,6)27(3)17-15-25-37-31(35)29-19-21-30(22-20-29)32(36)38-26-16-18-28(4)34(7,8)24-14-12-10-2/h27-30H,9-26H2,1-8H3. The Labute approximate surface area is 236 Å². The molecule has 0 bridgehead atoms. The Hall–Kier alpha value is -1.06. The number of hydrogen-bond acceptors (Lipinski definition) is 4. The van der Waals surface area contributed by atoms with E-state index in [1.165, 1.54) is 51.4 Å². The normalized spacial score (nSPS) is 20.1. The van der Waals surface area contributed by atoms with Gasteiger partial charge in [-0.3, -0.25) is 9.59 Å². The highest BCUT2D eigenvalue weighted by Crippen LogP contribution is 2.37. The lowest BCUT2D eigenvalue weighted by atomic mass is 9.74. The van der Waals surface area contributed by atoms with Crippen molar-refractivity contribution in [3.63, 3.8) is 0 Å². The molecule has 0 amide bonds. The first kappa shape index (κ1) is 35.0. The molecule has 0 saturated heterocycles. The maximum atomic E-state index is 12.6. The molecule has 0 heterocycles. The van der Waals surface area contributed by atoms with Gasteiger partial charge < -0.3 is 9.47 Å². The second kappa shape index (κ2) is 18.3. The summed E-state index contributed by atoms with van der Waals surface area (Å²) in [5.41, 5.74) is 0.685. The molecule has 1 aliphatic carbocycles. The van der Waals surface area contributed by atoms with E-state index in [1.807, 2.05) is 0 Å². The quantitative estimate of drug-likeness (QED) is 0.115. The Kier molecular flexibility index (Phi) is 16.9. The average Bonchev–Trinajstić information content (AvgIpc) is 2.88. The molecule has 4 nitrogen and oxygen atoms in total. The molecule has 1 rings (SSSR count). The first-order chi connectivity index (χ1) is 17.9. The van der Waals surface area contributed by atoms with Crippen LogP contribution in [0.1, 0.15) is 158 Å². The van der Waals surface area contributed by atoms with Gasteiger partial charge in [0.15, 0.2) is 0 Å². The van der Waals surface area contributed by atoms with Crippen LogP contribution in [-0.4, -0.2) is 25.2 Å². The summed E-state index contributed by atoms with van der Waals surface area (Å²) in [5.74, 6) is 1.000. The highest BCUT2D eigenvalue weighted by atomic mass is 16.5. The van der Waals surface area contributed by atoms with E-state index < -0.39 is 0 Å². The Morgan fingerprint density at radius 3 is 1.29 bits per heavy atom. The van der Waals surface area contributed by atoms with Gasteiger partial charge in [-0.1, -0.05) is 93.9 Å². The van der Waals surface area contributed by atoms with Crippen LogP contribution in [0.2, 0.25) is 0 Å². The van der Waals surface area contributed by atoms with Crippen molar-refractivity contribution in [3.8, 4) is 0 Å². The molecule has 38 heavy (non-hydrogen) atoms. The number of carbonyl (C=O) groups is 2. The zero-order valence-electron chi connectivity index (χ0n) is 26.7. The lowest BCUT2D eigenvalue weighted by Crippen LogP contribution is -2.29. The average molecular weight is 537 g/mol. The third-order valence-electron chi connectivity index (χ3n) is 9.96. The molecule has 224 valence electrons. The molecule has 0 radical (unpaired) electrons. The summed E-state index contributed by atoms with van der Waals surface area (Å²) in [7, 11) is 0. The lowest BCUT2D eigenvalue weighted by Gasteiger charge is -2.32. The Morgan fingerprint density at radius 1 is 0.632 bits per heavy atom. The van der Waals surface area contributed by atoms with Crippen LogP contribution in [0.5, 0.6) is 0 Å². The molecule has 1 fully saturated rings. The van der Waals surface area contributed by atoms with Gasteiger partial charge in [-0.05, 0) is 86.9 Å². The zero-order valence-corrected chi connectivity index (χ0v) is 26.7. The van der Waals surface area contributed by atoms with Gasteiger partial charge in [0.2, 0.25) is 0 Å². The first-order valence-electron chi connectivity index (χ1n) is 16.3. The van der Waals surface area contributed by atoms with Gasteiger partial charge >= 0.3 is 11.9 Å². The van der Waals surface area contributed by atoms with Crippen molar-refractivity contribution in [2.75, 3.05) is 13.2 Å². The van der Waals surface area contributed by atoms with Gasteiger partial charge in [0, 0.05) is 0 Å². The van der Waals surface area contributed by atoms with Gasteiger partial charge in [-0.15, -0.1) is 0 Å². The molecule has 0 aliphatic heterocycles. The molecule has 0 N–H and O–H groups in total. The predicted molar refractivity (Wildman–Crippen MR) is 160 cm³/mol. The fourth-order valence-corrected chi connectivity index (χ4v) is 5.86. The van der Waals surface area contributed by atoms with Crippen molar-refractivity contribution in [2.24, 2.45) is 34.5 Å². The molecule has 0 aromatic rings. The van der Waals surface area contributed by atoms with E-state index >= 15 is 0 Å². The van der Waals surface area contributed by atoms with Crippen LogP contribution in [0.15, 0.2) is 0 Å². The Balaban J connectivity index is 2.21. The predicted octanol–water partition coefficient (Wildman–Crippen LogP) is 9.92.